The predicted molar refractivity (Wildman–Crippen MR) is 267 cm³/mol. The van der Waals surface area contributed by atoms with Crippen LogP contribution < -0.4 is 20.1 Å². The molecule has 1 fully saturated rings. The van der Waals surface area contributed by atoms with Crippen LogP contribution in [-0.4, -0.2) is 109 Å². The second-order valence-electron chi connectivity index (χ2n) is 17.5. The second kappa shape index (κ2) is 23.3. The number of nitrogens with one attached hydrogen (secondary N) is 2. The normalized spacial score (nSPS) is 15.8. The second-order valence-corrected chi connectivity index (χ2v) is 20.4. The van der Waals surface area contributed by atoms with E-state index in [1.54, 1.807) is 34.8 Å². The van der Waals surface area contributed by atoms with Crippen molar-refractivity contribution in [3.63, 3.8) is 0 Å². The lowest BCUT2D eigenvalue weighted by molar-refractivity contribution is -0.144. The maximum absolute atomic E-state index is 14.0. The molecule has 1 saturated heterocycles. The van der Waals surface area contributed by atoms with Gasteiger partial charge in [0, 0.05) is 27.5 Å². The van der Waals surface area contributed by atoms with E-state index in [1.165, 1.54) is 4.90 Å². The number of phenolic OH excluding ortho intramolecular Hbond substituents is 1. The van der Waals surface area contributed by atoms with Crippen LogP contribution in [0.15, 0.2) is 101 Å². The van der Waals surface area contributed by atoms with Crippen LogP contribution in [0.4, 0.5) is 0 Å². The van der Waals surface area contributed by atoms with Gasteiger partial charge in [-0.05, 0) is 90.6 Å². The molecule has 14 nitrogen and oxygen atoms in total. The number of hydrogen-bond acceptors (Lipinski definition) is 13. The van der Waals surface area contributed by atoms with E-state index >= 15 is 0 Å². The Bertz CT molecular complexity index is 2630. The molecule has 4 atom stereocenters. The molecule has 17 heteroatoms. The molecule has 4 aromatic carbocycles. The van der Waals surface area contributed by atoms with Gasteiger partial charge in [0.05, 0.1) is 66.1 Å². The number of halogens is 1. The summed E-state index contributed by atoms with van der Waals surface area (Å²) in [5, 5.41) is 27.4. The van der Waals surface area contributed by atoms with Crippen molar-refractivity contribution >= 4 is 66.4 Å². The number of aromatic hydroxyl groups is 1. The molecule has 0 saturated carbocycles. The van der Waals surface area contributed by atoms with Gasteiger partial charge in [-0.2, -0.15) is 0 Å². The fourth-order valence-electron chi connectivity index (χ4n) is 7.72. The number of aliphatic hydroxyl groups is 1. The van der Waals surface area contributed by atoms with Crippen molar-refractivity contribution in [3.8, 4) is 43.9 Å². The number of likely N-dealkylation sites (tertiary alicyclic amines) is 1. The number of phenols is 1. The summed E-state index contributed by atoms with van der Waals surface area (Å²) >= 11 is 6.63. The van der Waals surface area contributed by atoms with Crippen LogP contribution in [0.5, 0.6) is 23.0 Å². The van der Waals surface area contributed by atoms with E-state index in [4.69, 9.17) is 23.7 Å². The predicted octanol–water partition coefficient (Wildman–Crippen LogP) is 9.06. The number of benzene rings is 4. The smallest absolute Gasteiger partial charge is 0.246 e. The van der Waals surface area contributed by atoms with E-state index in [2.05, 4.69) is 31.5 Å². The molecular formula is C51H57BrN4O10S2. The fourth-order valence-corrected chi connectivity index (χ4v) is 9.96. The summed E-state index contributed by atoms with van der Waals surface area (Å²) in [4.78, 5) is 48.4. The highest BCUT2D eigenvalue weighted by Gasteiger charge is 2.44. The average molecular weight is 1030 g/mol. The van der Waals surface area contributed by atoms with Crippen molar-refractivity contribution in [2.24, 2.45) is 5.41 Å². The lowest BCUT2D eigenvalue weighted by Crippen LogP contribution is -2.58. The number of thiazole rings is 1. The van der Waals surface area contributed by atoms with Crippen molar-refractivity contribution < 1.29 is 48.3 Å². The van der Waals surface area contributed by atoms with Crippen molar-refractivity contribution in [3.05, 3.63) is 112 Å². The monoisotopic (exact) mass is 1030 g/mol. The number of carbonyl (C=O) groups is 3. The number of carbonyl (C=O) groups excluding carboxylic acids is 3. The molecule has 0 bridgehead atoms. The largest absolute Gasteiger partial charge is 0.508 e. The molecule has 3 heterocycles. The van der Waals surface area contributed by atoms with Gasteiger partial charge < -0.3 is 49.4 Å². The first kappa shape index (κ1) is 50.5. The van der Waals surface area contributed by atoms with Crippen molar-refractivity contribution in [1.29, 1.82) is 0 Å². The molecule has 2 aromatic heterocycles. The Morgan fingerprint density at radius 3 is 2.13 bits per heavy atom. The molecule has 1 aliphatic rings. The highest BCUT2D eigenvalue weighted by molar-refractivity contribution is 9.10. The third-order valence-electron chi connectivity index (χ3n) is 11.3. The van der Waals surface area contributed by atoms with Crippen LogP contribution >= 0.6 is 38.6 Å². The Morgan fingerprint density at radius 1 is 0.838 bits per heavy atom. The number of fused-ring (bicyclic) bond motifs is 1. The van der Waals surface area contributed by atoms with Gasteiger partial charge in [-0.1, -0.05) is 73.1 Å². The van der Waals surface area contributed by atoms with Crippen molar-refractivity contribution in [2.75, 3.05) is 52.8 Å². The summed E-state index contributed by atoms with van der Waals surface area (Å²) < 4.78 is 31.0. The Labute approximate surface area is 412 Å². The van der Waals surface area contributed by atoms with Crippen LogP contribution in [0.25, 0.3) is 31.0 Å². The fraction of sp³-hybridized carbons (Fsp3) is 0.373. The van der Waals surface area contributed by atoms with E-state index in [9.17, 15) is 24.6 Å². The molecular weight excluding hydrogens is 973 g/mol. The molecule has 3 amide bonds. The number of amides is 3. The highest BCUT2D eigenvalue weighted by atomic mass is 79.9. The lowest BCUT2D eigenvalue weighted by Gasteiger charge is -2.35. The third-order valence-corrected chi connectivity index (χ3v) is 14.0. The molecule has 4 N–H and O–H groups in total. The zero-order valence-electron chi connectivity index (χ0n) is 38.7. The molecule has 0 spiro atoms. The van der Waals surface area contributed by atoms with E-state index in [0.29, 0.717) is 37.9 Å². The van der Waals surface area contributed by atoms with Crippen LogP contribution in [-0.2, 0) is 28.6 Å². The molecule has 360 valence electrons. The number of nitrogens with zero attached hydrogens (tertiary/aromatic N) is 2. The Morgan fingerprint density at radius 2 is 1.47 bits per heavy atom. The van der Waals surface area contributed by atoms with Crippen LogP contribution in [0.1, 0.15) is 51.4 Å². The summed E-state index contributed by atoms with van der Waals surface area (Å²) in [6.07, 6.45) is -0.794. The van der Waals surface area contributed by atoms with E-state index in [-0.39, 0.29) is 50.5 Å². The number of β-amino-alcohol motifs (C(OH)–C–C–N with tert-alkyl or cyclic N) is 1. The number of aryl methyl sites for hydroxylation is 1. The number of hydrogen-bond donors (Lipinski definition) is 4. The SMILES string of the molecule is Cc1ncsc1-c1ccc([C@H](C)NC(=O)[C@@H]2C[C@@H](O)CN2C(=O)[C@@H](NC(=O)COCCOCCOCCOc2ccc(Oc3c(-c4ccc(Br)cc4)sc4cc(O)ccc34)cc2)C(C)(C)C)cc1. The first-order chi connectivity index (χ1) is 32.6. The minimum atomic E-state index is -0.975. The van der Waals surface area contributed by atoms with Gasteiger partial charge in [0.25, 0.3) is 0 Å². The van der Waals surface area contributed by atoms with Crippen LogP contribution in [0, 0.1) is 12.3 Å². The molecule has 68 heavy (non-hydrogen) atoms. The Hall–Kier alpha value is -5.40. The van der Waals surface area contributed by atoms with Crippen LogP contribution in [0.3, 0.4) is 0 Å². The van der Waals surface area contributed by atoms with Gasteiger partial charge in [-0.15, -0.1) is 22.7 Å². The van der Waals surface area contributed by atoms with Crippen molar-refractivity contribution in [2.45, 2.75) is 65.3 Å². The van der Waals surface area contributed by atoms with Gasteiger partial charge >= 0.3 is 0 Å². The maximum Gasteiger partial charge on any atom is 0.246 e. The molecule has 0 aliphatic carbocycles. The number of aliphatic hydroxyl groups excluding tert-OH is 1. The minimum Gasteiger partial charge on any atom is -0.508 e. The summed E-state index contributed by atoms with van der Waals surface area (Å²) in [6, 6.07) is 26.3. The number of ether oxygens (including phenoxy) is 5. The van der Waals surface area contributed by atoms with Gasteiger partial charge in [0.1, 0.15) is 42.5 Å². The standard InChI is InChI=1S/C51H57BrN4O10S2/c1-31(33-6-8-34(9-7-33)46-32(2)53-30-67-46)54-49(60)42-26-38(58)28-56(42)50(61)48(51(3,4)5)55-44(59)29-64-23-22-62-20-21-63-24-25-65-39-15-17-40(18-16-39)66-45-41-19-14-37(57)27-43(41)68-47(45)35-10-12-36(52)13-11-35/h6-19,27,30-31,38,42,48,57-58H,20-26,28-29H2,1-5H3,(H,54,60)(H,55,59)/t31-,38+,42-,48+/m0/s1. The first-order valence-corrected chi connectivity index (χ1v) is 24.9. The number of rotatable bonds is 21. The van der Waals surface area contributed by atoms with E-state index < -0.39 is 35.4 Å². The van der Waals surface area contributed by atoms with E-state index in [1.807, 2.05) is 119 Å². The topological polar surface area (TPSA) is 178 Å². The summed E-state index contributed by atoms with van der Waals surface area (Å²) in [5.74, 6) is 0.919. The zero-order valence-corrected chi connectivity index (χ0v) is 41.9. The third kappa shape index (κ3) is 13.2. The summed E-state index contributed by atoms with van der Waals surface area (Å²) in [5.41, 5.74) is 5.02. The number of aromatic nitrogens is 1. The molecule has 6 aromatic rings. The number of thiophene rings is 1. The van der Waals surface area contributed by atoms with Gasteiger partial charge in [0.2, 0.25) is 17.7 Å². The van der Waals surface area contributed by atoms with Gasteiger partial charge in [-0.25, -0.2) is 4.98 Å². The summed E-state index contributed by atoms with van der Waals surface area (Å²) in [6.45, 7) is 10.7. The molecule has 1 aliphatic heterocycles. The lowest BCUT2D eigenvalue weighted by atomic mass is 9.85. The highest BCUT2D eigenvalue weighted by Crippen LogP contribution is 2.47. The zero-order chi connectivity index (χ0) is 48.4. The quantitative estimate of drug-likeness (QED) is 0.0506. The Kier molecular flexibility index (Phi) is 17.3. The van der Waals surface area contributed by atoms with Crippen molar-refractivity contribution in [1.82, 2.24) is 20.5 Å². The van der Waals surface area contributed by atoms with Gasteiger partial charge in [-0.3, -0.25) is 14.4 Å². The average Bonchev–Trinajstić information content (AvgIpc) is 4.03. The van der Waals surface area contributed by atoms with E-state index in [0.717, 1.165) is 52.4 Å². The summed E-state index contributed by atoms with van der Waals surface area (Å²) in [7, 11) is 0. The maximum atomic E-state index is 14.0. The molecule has 0 unspecified atom stereocenters. The van der Waals surface area contributed by atoms with Crippen LogP contribution in [0.2, 0.25) is 0 Å². The molecule has 0 radical (unpaired) electrons. The van der Waals surface area contributed by atoms with Gasteiger partial charge in [0.15, 0.2) is 5.75 Å². The molecule has 7 rings (SSSR count). The Balaban J connectivity index is 0.780. The first-order valence-electron chi connectivity index (χ1n) is 22.4. The minimum absolute atomic E-state index is 0.0238.